The molecule has 136 valence electrons. The molecule has 0 saturated heterocycles. The van der Waals surface area contributed by atoms with Crippen LogP contribution in [0.3, 0.4) is 0 Å². The van der Waals surface area contributed by atoms with Crippen LogP contribution in [0.15, 0.2) is 6.33 Å². The molecule has 1 aliphatic rings. The fourth-order valence-electron chi connectivity index (χ4n) is 3.73. The first-order valence-electron chi connectivity index (χ1n) is 9.07. The van der Waals surface area contributed by atoms with Crippen molar-refractivity contribution < 1.29 is 9.53 Å². The topological polar surface area (TPSA) is 55.3 Å². The Morgan fingerprint density at radius 3 is 2.72 bits per heavy atom. The summed E-state index contributed by atoms with van der Waals surface area (Å²) < 4.78 is 5.88. The molecule has 6 heteroatoms. The first-order chi connectivity index (χ1) is 11.9. The van der Waals surface area contributed by atoms with Gasteiger partial charge in [0.2, 0.25) is 5.88 Å². The lowest BCUT2D eigenvalue weighted by molar-refractivity contribution is -0.137. The summed E-state index contributed by atoms with van der Waals surface area (Å²) in [6, 6.07) is 0.300. The van der Waals surface area contributed by atoms with Crippen LogP contribution in [0.25, 0.3) is 10.2 Å². The van der Waals surface area contributed by atoms with Crippen LogP contribution in [-0.4, -0.2) is 39.5 Å². The Morgan fingerprint density at radius 2 is 2.04 bits per heavy atom. The van der Waals surface area contributed by atoms with Gasteiger partial charge in [-0.05, 0) is 58.4 Å². The van der Waals surface area contributed by atoms with Crippen molar-refractivity contribution in [3.05, 3.63) is 16.8 Å². The molecule has 5 nitrogen and oxygen atoms in total. The summed E-state index contributed by atoms with van der Waals surface area (Å²) in [5, 5.41) is 1.02. The van der Waals surface area contributed by atoms with Crippen LogP contribution >= 0.6 is 11.3 Å². The van der Waals surface area contributed by atoms with Gasteiger partial charge in [-0.3, -0.25) is 4.79 Å². The van der Waals surface area contributed by atoms with Gasteiger partial charge in [-0.1, -0.05) is 6.92 Å². The molecule has 3 rings (SSSR count). The Morgan fingerprint density at radius 1 is 1.32 bits per heavy atom. The van der Waals surface area contributed by atoms with Crippen molar-refractivity contribution in [1.82, 2.24) is 14.9 Å². The zero-order valence-electron chi connectivity index (χ0n) is 15.7. The highest BCUT2D eigenvalue weighted by Crippen LogP contribution is 2.40. The number of hydrogen-bond acceptors (Lipinski definition) is 5. The van der Waals surface area contributed by atoms with E-state index in [9.17, 15) is 4.79 Å². The van der Waals surface area contributed by atoms with Crippen LogP contribution < -0.4 is 4.74 Å². The quantitative estimate of drug-likeness (QED) is 0.812. The van der Waals surface area contributed by atoms with Gasteiger partial charge in [0.25, 0.3) is 5.91 Å². The van der Waals surface area contributed by atoms with Gasteiger partial charge in [-0.25, -0.2) is 9.97 Å². The lowest BCUT2D eigenvalue weighted by Gasteiger charge is -2.30. The predicted octanol–water partition coefficient (Wildman–Crippen LogP) is 3.84. The SMILES string of the molecule is CC(C)N(C(=O)COc1ncnc2sc3c(c12)CC[C@H](C)C3)C(C)C. The highest BCUT2D eigenvalue weighted by Gasteiger charge is 2.25. The number of hydrogen-bond donors (Lipinski definition) is 0. The summed E-state index contributed by atoms with van der Waals surface area (Å²) in [6.45, 7) is 10.4. The van der Waals surface area contributed by atoms with E-state index in [4.69, 9.17) is 4.74 Å². The van der Waals surface area contributed by atoms with Crippen molar-refractivity contribution in [3.63, 3.8) is 0 Å². The summed E-state index contributed by atoms with van der Waals surface area (Å²) in [4.78, 5) is 25.5. The zero-order chi connectivity index (χ0) is 18.1. The standard InChI is InChI=1S/C19H27N3O2S/c1-11(2)22(12(3)4)16(23)9-24-18-17-14-7-6-13(5)8-15(14)25-19(17)21-10-20-18/h10-13H,6-9H2,1-5H3/t13-/m0/s1. The Labute approximate surface area is 153 Å². The number of fused-ring (bicyclic) bond motifs is 3. The van der Waals surface area contributed by atoms with Gasteiger partial charge in [0.1, 0.15) is 11.2 Å². The molecule has 1 aliphatic carbocycles. The van der Waals surface area contributed by atoms with Crippen molar-refractivity contribution in [3.8, 4) is 5.88 Å². The number of rotatable bonds is 5. The molecule has 0 unspecified atom stereocenters. The molecule has 0 spiro atoms. The summed E-state index contributed by atoms with van der Waals surface area (Å²) >= 11 is 1.74. The van der Waals surface area contributed by atoms with Gasteiger partial charge in [-0.2, -0.15) is 0 Å². The molecule has 2 aromatic rings. The van der Waals surface area contributed by atoms with Crippen molar-refractivity contribution in [2.24, 2.45) is 5.92 Å². The number of aryl methyl sites for hydroxylation is 1. The minimum atomic E-state index is -0.00511. The minimum absolute atomic E-state index is 0.00511. The van der Waals surface area contributed by atoms with Crippen LogP contribution in [-0.2, 0) is 17.6 Å². The van der Waals surface area contributed by atoms with E-state index in [2.05, 4.69) is 16.9 Å². The minimum Gasteiger partial charge on any atom is -0.467 e. The molecule has 25 heavy (non-hydrogen) atoms. The average Bonchev–Trinajstić information content (AvgIpc) is 2.89. The number of amides is 1. The molecule has 0 N–H and O–H groups in total. The average molecular weight is 362 g/mol. The largest absolute Gasteiger partial charge is 0.467 e. The summed E-state index contributed by atoms with van der Waals surface area (Å²) in [6.07, 6.45) is 4.86. The molecule has 1 atom stereocenters. The van der Waals surface area contributed by atoms with E-state index >= 15 is 0 Å². The second-order valence-electron chi connectivity index (χ2n) is 7.49. The van der Waals surface area contributed by atoms with E-state index in [0.717, 1.165) is 23.1 Å². The number of aromatic nitrogens is 2. The summed E-state index contributed by atoms with van der Waals surface area (Å²) in [7, 11) is 0. The maximum atomic E-state index is 12.6. The van der Waals surface area contributed by atoms with Gasteiger partial charge in [-0.15, -0.1) is 11.3 Å². The molecule has 0 fully saturated rings. The maximum Gasteiger partial charge on any atom is 0.261 e. The molecule has 1 amide bonds. The van der Waals surface area contributed by atoms with E-state index in [1.54, 1.807) is 11.3 Å². The van der Waals surface area contributed by atoms with Crippen LogP contribution in [0.2, 0.25) is 0 Å². The number of ether oxygens (including phenoxy) is 1. The smallest absolute Gasteiger partial charge is 0.261 e. The second-order valence-corrected chi connectivity index (χ2v) is 8.57. The van der Waals surface area contributed by atoms with Gasteiger partial charge >= 0.3 is 0 Å². The van der Waals surface area contributed by atoms with E-state index in [1.165, 1.54) is 23.2 Å². The van der Waals surface area contributed by atoms with Gasteiger partial charge in [0.05, 0.1) is 5.39 Å². The fourth-order valence-corrected chi connectivity index (χ4v) is 5.07. The van der Waals surface area contributed by atoms with E-state index in [1.807, 2.05) is 32.6 Å². The van der Waals surface area contributed by atoms with Crippen LogP contribution in [0.4, 0.5) is 0 Å². The van der Waals surface area contributed by atoms with Crippen molar-refractivity contribution in [1.29, 1.82) is 0 Å². The molecule has 0 bridgehead atoms. The first-order valence-corrected chi connectivity index (χ1v) is 9.89. The van der Waals surface area contributed by atoms with Crippen molar-refractivity contribution in [2.45, 2.75) is 66.0 Å². The zero-order valence-corrected chi connectivity index (χ0v) is 16.5. The highest BCUT2D eigenvalue weighted by molar-refractivity contribution is 7.18. The molecule has 0 aromatic carbocycles. The van der Waals surface area contributed by atoms with Gasteiger partial charge in [0.15, 0.2) is 6.61 Å². The number of carbonyl (C=O) groups excluding carboxylic acids is 1. The van der Waals surface area contributed by atoms with Crippen LogP contribution in [0.1, 0.15) is 51.5 Å². The van der Waals surface area contributed by atoms with E-state index in [0.29, 0.717) is 11.8 Å². The monoisotopic (exact) mass is 361 g/mol. The van der Waals surface area contributed by atoms with Crippen molar-refractivity contribution in [2.75, 3.05) is 6.61 Å². The Kier molecular flexibility index (Phi) is 5.27. The molecule has 0 saturated carbocycles. The Balaban J connectivity index is 1.84. The Bertz CT molecular complexity index is 761. The van der Waals surface area contributed by atoms with Crippen LogP contribution in [0.5, 0.6) is 5.88 Å². The third-order valence-corrected chi connectivity index (χ3v) is 5.95. The number of nitrogens with zero attached hydrogens (tertiary/aromatic N) is 3. The van der Waals surface area contributed by atoms with Crippen LogP contribution in [0, 0.1) is 5.92 Å². The Hall–Kier alpha value is -1.69. The molecule has 2 aromatic heterocycles. The third-order valence-electron chi connectivity index (χ3n) is 4.79. The summed E-state index contributed by atoms with van der Waals surface area (Å²) in [5.74, 6) is 1.26. The fraction of sp³-hybridized carbons (Fsp3) is 0.632. The first kappa shape index (κ1) is 18.1. The normalized spacial score (nSPS) is 17.2. The second kappa shape index (κ2) is 7.28. The number of thiophene rings is 1. The summed E-state index contributed by atoms with van der Waals surface area (Å²) in [5.41, 5.74) is 1.32. The van der Waals surface area contributed by atoms with E-state index in [-0.39, 0.29) is 24.6 Å². The van der Waals surface area contributed by atoms with Gasteiger partial charge in [0, 0.05) is 17.0 Å². The molecule has 0 radical (unpaired) electrons. The molecular weight excluding hydrogens is 334 g/mol. The lowest BCUT2D eigenvalue weighted by atomic mass is 9.89. The van der Waals surface area contributed by atoms with E-state index < -0.39 is 0 Å². The molecule has 2 heterocycles. The van der Waals surface area contributed by atoms with Gasteiger partial charge < -0.3 is 9.64 Å². The predicted molar refractivity (Wildman–Crippen MR) is 101 cm³/mol. The lowest BCUT2D eigenvalue weighted by Crippen LogP contribution is -2.44. The highest BCUT2D eigenvalue weighted by atomic mass is 32.1. The van der Waals surface area contributed by atoms with Crippen molar-refractivity contribution >= 4 is 27.5 Å². The number of carbonyl (C=O) groups is 1. The third kappa shape index (κ3) is 3.64. The molecule has 0 aliphatic heterocycles. The maximum absolute atomic E-state index is 12.6. The molecular formula is C19H27N3O2S.